The molecule has 0 heterocycles. The molecule has 0 saturated carbocycles. The van der Waals surface area contributed by atoms with Gasteiger partial charge in [0, 0.05) is 25.8 Å². The van der Waals surface area contributed by atoms with Gasteiger partial charge in [0.25, 0.3) is 0 Å². The van der Waals surface area contributed by atoms with Crippen LogP contribution in [0, 0.1) is 0 Å². The van der Waals surface area contributed by atoms with Crippen LogP contribution in [-0.2, 0) is 9.59 Å². The fourth-order valence-electron chi connectivity index (χ4n) is 2.16. The van der Waals surface area contributed by atoms with Crippen LogP contribution in [-0.4, -0.2) is 46.3 Å². The van der Waals surface area contributed by atoms with E-state index in [9.17, 15) is 9.59 Å². The summed E-state index contributed by atoms with van der Waals surface area (Å²) in [5.74, 6) is -0.813. The number of methoxy groups -OCH3 is 2. The summed E-state index contributed by atoms with van der Waals surface area (Å²) < 4.78 is 10.3. The van der Waals surface area contributed by atoms with E-state index in [4.69, 9.17) is 9.47 Å². The van der Waals surface area contributed by atoms with Crippen molar-refractivity contribution >= 4 is 41.8 Å². The number of nitrogens with one attached hydrogen (secondary N) is 2. The van der Waals surface area contributed by atoms with Crippen molar-refractivity contribution in [1.82, 2.24) is 5.43 Å². The van der Waals surface area contributed by atoms with Crippen LogP contribution in [0.25, 0.3) is 0 Å². The number of nitrogens with zero attached hydrogens (tertiary/aromatic N) is 2. The Morgan fingerprint density at radius 2 is 1.68 bits per heavy atom. The smallest absolute Gasteiger partial charge is 0.329 e. The molecule has 2 aromatic carbocycles. The van der Waals surface area contributed by atoms with Crippen LogP contribution < -0.4 is 25.1 Å². The molecular weight excluding hydrogens is 384 g/mol. The highest BCUT2D eigenvalue weighted by Crippen LogP contribution is 2.28. The van der Waals surface area contributed by atoms with Gasteiger partial charge < -0.3 is 19.7 Å². The lowest BCUT2D eigenvalue weighted by molar-refractivity contribution is -0.136. The molecule has 0 saturated heterocycles. The van der Waals surface area contributed by atoms with Crippen LogP contribution in [0.4, 0.5) is 11.4 Å². The summed E-state index contributed by atoms with van der Waals surface area (Å²) >= 11 is 0. The quantitative estimate of drug-likeness (QED) is 0.436. The number of hydrazone groups is 1. The van der Waals surface area contributed by atoms with Crippen molar-refractivity contribution in [2.45, 2.75) is 0 Å². The third kappa shape index (κ3) is 6.17. The molecule has 2 rings (SSSR count). The van der Waals surface area contributed by atoms with E-state index in [1.54, 1.807) is 18.2 Å². The summed E-state index contributed by atoms with van der Waals surface area (Å²) in [6.07, 6.45) is 1.46. The zero-order valence-corrected chi connectivity index (χ0v) is 16.9. The first kappa shape index (κ1) is 22.8. The Morgan fingerprint density at radius 1 is 1.00 bits per heavy atom. The van der Waals surface area contributed by atoms with Gasteiger partial charge in [0.2, 0.25) is 0 Å². The van der Waals surface area contributed by atoms with Crippen LogP contribution in [0.1, 0.15) is 5.56 Å². The molecule has 0 radical (unpaired) electrons. The number of rotatable bonds is 6. The van der Waals surface area contributed by atoms with Crippen molar-refractivity contribution in [3.63, 3.8) is 0 Å². The maximum atomic E-state index is 12.0. The van der Waals surface area contributed by atoms with Gasteiger partial charge in [-0.25, -0.2) is 5.43 Å². The second kappa shape index (κ2) is 10.8. The summed E-state index contributed by atoms with van der Waals surface area (Å²) in [4.78, 5) is 25.9. The molecule has 2 N–H and O–H groups in total. The van der Waals surface area contributed by atoms with E-state index < -0.39 is 11.8 Å². The number of carbonyl (C=O) groups excluding carboxylic acids is 2. The summed E-state index contributed by atoms with van der Waals surface area (Å²) in [6.45, 7) is 0. The molecule has 0 aliphatic heterocycles. The number of carbonyl (C=O) groups is 2. The van der Waals surface area contributed by atoms with Gasteiger partial charge in [0.05, 0.1) is 26.1 Å². The molecule has 0 aliphatic rings. The predicted molar refractivity (Wildman–Crippen MR) is 112 cm³/mol. The number of anilines is 2. The second-order valence-electron chi connectivity index (χ2n) is 5.71. The molecule has 150 valence electrons. The lowest BCUT2D eigenvalue weighted by atomic mass is 10.2. The van der Waals surface area contributed by atoms with Gasteiger partial charge >= 0.3 is 11.8 Å². The average Bonchev–Trinajstić information content (AvgIpc) is 2.68. The number of amides is 2. The van der Waals surface area contributed by atoms with Crippen LogP contribution in [0.2, 0.25) is 0 Å². The highest BCUT2D eigenvalue weighted by molar-refractivity contribution is 6.39. The van der Waals surface area contributed by atoms with E-state index >= 15 is 0 Å². The number of halogens is 1. The number of hydrogen-bond donors (Lipinski definition) is 2. The van der Waals surface area contributed by atoms with E-state index in [0.717, 1.165) is 11.3 Å². The van der Waals surface area contributed by atoms with Crippen molar-refractivity contribution in [2.75, 3.05) is 38.5 Å². The second-order valence-corrected chi connectivity index (χ2v) is 5.71. The maximum absolute atomic E-state index is 12.0. The fourth-order valence-corrected chi connectivity index (χ4v) is 2.16. The molecule has 0 aliphatic carbocycles. The SMILES string of the molecule is COc1ccc(NC(=O)C(=O)N/N=C/c2ccc(N(C)C)cc2)c(OC)c1.Cl. The Bertz CT molecular complexity index is 838. The van der Waals surface area contributed by atoms with Crippen LogP contribution in [0.3, 0.4) is 0 Å². The van der Waals surface area contributed by atoms with Crippen molar-refractivity contribution < 1.29 is 19.1 Å². The Labute approximate surface area is 169 Å². The maximum Gasteiger partial charge on any atom is 0.329 e. The summed E-state index contributed by atoms with van der Waals surface area (Å²) in [6, 6.07) is 12.4. The first-order valence-corrected chi connectivity index (χ1v) is 8.08. The summed E-state index contributed by atoms with van der Waals surface area (Å²) in [7, 11) is 6.86. The van der Waals surface area contributed by atoms with E-state index in [2.05, 4.69) is 15.8 Å². The largest absolute Gasteiger partial charge is 0.497 e. The van der Waals surface area contributed by atoms with Crippen molar-refractivity contribution in [1.29, 1.82) is 0 Å². The molecule has 0 atom stereocenters. The van der Waals surface area contributed by atoms with E-state index in [1.165, 1.54) is 20.4 Å². The molecule has 0 bridgehead atoms. The normalized spacial score (nSPS) is 10.0. The number of benzene rings is 2. The topological polar surface area (TPSA) is 92.3 Å². The summed E-state index contributed by atoms with van der Waals surface area (Å²) in [5.41, 5.74) is 4.38. The highest BCUT2D eigenvalue weighted by atomic mass is 35.5. The van der Waals surface area contributed by atoms with Crippen LogP contribution in [0.5, 0.6) is 11.5 Å². The van der Waals surface area contributed by atoms with Crippen molar-refractivity contribution in [3.8, 4) is 11.5 Å². The lowest BCUT2D eigenvalue weighted by Gasteiger charge is -2.11. The van der Waals surface area contributed by atoms with Gasteiger partial charge in [0.15, 0.2) is 0 Å². The Morgan fingerprint density at radius 3 is 2.25 bits per heavy atom. The van der Waals surface area contributed by atoms with Crippen LogP contribution >= 0.6 is 12.4 Å². The highest BCUT2D eigenvalue weighted by Gasteiger charge is 2.15. The molecule has 9 heteroatoms. The lowest BCUT2D eigenvalue weighted by Crippen LogP contribution is -2.32. The molecular formula is C19H23ClN4O4. The molecule has 0 aromatic heterocycles. The van der Waals surface area contributed by atoms with Crippen molar-refractivity contribution in [3.05, 3.63) is 48.0 Å². The zero-order valence-electron chi connectivity index (χ0n) is 16.1. The van der Waals surface area contributed by atoms with Crippen molar-refractivity contribution in [2.24, 2.45) is 5.10 Å². The Kier molecular flexibility index (Phi) is 8.77. The molecule has 2 aromatic rings. The number of hydrogen-bond acceptors (Lipinski definition) is 6. The molecule has 0 unspecified atom stereocenters. The van der Waals surface area contributed by atoms with E-state index in [-0.39, 0.29) is 12.4 Å². The Hall–Kier alpha value is -3.26. The minimum Gasteiger partial charge on any atom is -0.497 e. The van der Waals surface area contributed by atoms with Gasteiger partial charge in [-0.1, -0.05) is 12.1 Å². The molecule has 0 spiro atoms. The monoisotopic (exact) mass is 406 g/mol. The first-order chi connectivity index (χ1) is 12.9. The zero-order chi connectivity index (χ0) is 19.8. The van der Waals surface area contributed by atoms with E-state index in [1.807, 2.05) is 43.3 Å². The number of ether oxygens (including phenoxy) is 2. The standard InChI is InChI=1S/C19H22N4O4.ClH/c1-23(2)14-7-5-13(6-8-14)12-20-22-19(25)18(24)21-16-10-9-15(26-3)11-17(16)27-4;/h5-12H,1-4H3,(H,21,24)(H,22,25);1H/b20-12+;. The minimum atomic E-state index is -0.894. The van der Waals surface area contributed by atoms with Gasteiger partial charge in [-0.2, -0.15) is 5.10 Å². The minimum absolute atomic E-state index is 0. The summed E-state index contributed by atoms with van der Waals surface area (Å²) in [5, 5.41) is 6.27. The average molecular weight is 407 g/mol. The van der Waals surface area contributed by atoms with Crippen LogP contribution in [0.15, 0.2) is 47.6 Å². The third-order valence-electron chi connectivity index (χ3n) is 3.65. The molecule has 2 amide bonds. The fraction of sp³-hybridized carbons (Fsp3) is 0.211. The Balaban J connectivity index is 0.00000392. The third-order valence-corrected chi connectivity index (χ3v) is 3.65. The predicted octanol–water partition coefficient (Wildman–Crippen LogP) is 2.28. The van der Waals surface area contributed by atoms with Gasteiger partial charge in [0.1, 0.15) is 11.5 Å². The van der Waals surface area contributed by atoms with E-state index in [0.29, 0.717) is 17.2 Å². The van der Waals surface area contributed by atoms with Gasteiger partial charge in [-0.3, -0.25) is 9.59 Å². The van der Waals surface area contributed by atoms with Gasteiger partial charge in [-0.15, -0.1) is 12.4 Å². The first-order valence-electron chi connectivity index (χ1n) is 8.08. The molecule has 0 fully saturated rings. The molecule has 28 heavy (non-hydrogen) atoms. The van der Waals surface area contributed by atoms with Gasteiger partial charge in [-0.05, 0) is 29.8 Å². The molecule has 8 nitrogen and oxygen atoms in total.